The zero-order chi connectivity index (χ0) is 14.9. The summed E-state index contributed by atoms with van der Waals surface area (Å²) >= 11 is 0. The average molecular weight is 284 g/mol. The summed E-state index contributed by atoms with van der Waals surface area (Å²) in [5.41, 5.74) is 2.39. The van der Waals surface area contributed by atoms with Crippen LogP contribution in [0.25, 0.3) is 0 Å². The fraction of sp³-hybridized carbons (Fsp3) is 0.474. The normalized spacial score (nSPS) is 27.2. The summed E-state index contributed by atoms with van der Waals surface area (Å²) in [5.74, 6) is 1.39. The molecule has 0 bridgehead atoms. The minimum atomic E-state index is -0.195. The van der Waals surface area contributed by atoms with E-state index in [0.29, 0.717) is 5.92 Å². The van der Waals surface area contributed by atoms with Gasteiger partial charge in [0, 0.05) is 12.3 Å². The minimum absolute atomic E-state index is 0.0551. The Kier molecular flexibility index (Phi) is 3.90. The van der Waals surface area contributed by atoms with E-state index in [0.717, 1.165) is 25.2 Å². The maximum atomic E-state index is 6.37. The number of hydrogen-bond acceptors (Lipinski definition) is 2. The standard InChI is InChI=1S/C19H24O2/c1-4-8-15-11-12-17-16(13-20-19(17,2)3)18(21-15)14-9-6-5-7-10-14/h5-7,9-12,16,18H,4,8,13H2,1-3H3/t16-,18+/m0/s1. The van der Waals surface area contributed by atoms with E-state index < -0.39 is 0 Å². The number of hydrogen-bond donors (Lipinski definition) is 0. The van der Waals surface area contributed by atoms with Crippen molar-refractivity contribution in [2.24, 2.45) is 5.92 Å². The van der Waals surface area contributed by atoms with Gasteiger partial charge in [-0.15, -0.1) is 0 Å². The molecule has 0 N–H and O–H groups in total. The van der Waals surface area contributed by atoms with Gasteiger partial charge in [0.05, 0.1) is 18.0 Å². The molecule has 2 aliphatic rings. The minimum Gasteiger partial charge on any atom is -0.489 e. The maximum Gasteiger partial charge on any atom is 0.132 e. The van der Waals surface area contributed by atoms with Crippen LogP contribution in [-0.2, 0) is 9.47 Å². The summed E-state index contributed by atoms with van der Waals surface area (Å²) in [6, 6.07) is 10.5. The van der Waals surface area contributed by atoms with Gasteiger partial charge in [0.2, 0.25) is 0 Å². The fourth-order valence-corrected chi connectivity index (χ4v) is 3.29. The molecule has 1 fully saturated rings. The second-order valence-electron chi connectivity index (χ2n) is 6.38. The van der Waals surface area contributed by atoms with Gasteiger partial charge in [0.15, 0.2) is 0 Å². The fourth-order valence-electron chi connectivity index (χ4n) is 3.29. The van der Waals surface area contributed by atoms with Crippen molar-refractivity contribution in [1.82, 2.24) is 0 Å². The van der Waals surface area contributed by atoms with Crippen LogP contribution in [0.4, 0.5) is 0 Å². The molecule has 3 rings (SSSR count). The molecule has 2 nitrogen and oxygen atoms in total. The van der Waals surface area contributed by atoms with E-state index in [-0.39, 0.29) is 11.7 Å². The van der Waals surface area contributed by atoms with Crippen molar-refractivity contribution in [2.45, 2.75) is 45.3 Å². The van der Waals surface area contributed by atoms with Crippen molar-refractivity contribution >= 4 is 0 Å². The number of rotatable bonds is 3. The molecule has 2 atom stereocenters. The van der Waals surface area contributed by atoms with Crippen LogP contribution in [0.2, 0.25) is 0 Å². The van der Waals surface area contributed by atoms with Gasteiger partial charge >= 0.3 is 0 Å². The zero-order valence-corrected chi connectivity index (χ0v) is 13.1. The number of allylic oxidation sites excluding steroid dienone is 3. The van der Waals surface area contributed by atoms with E-state index in [1.165, 1.54) is 11.1 Å². The number of ether oxygens (including phenoxy) is 2. The third-order valence-electron chi connectivity index (χ3n) is 4.44. The molecule has 0 spiro atoms. The SMILES string of the molecule is CCCC1=CC=C2[C@H](COC2(C)C)[C@@H](c2ccccc2)O1. The van der Waals surface area contributed by atoms with Crippen LogP contribution >= 0.6 is 0 Å². The van der Waals surface area contributed by atoms with Crippen molar-refractivity contribution in [3.8, 4) is 0 Å². The quantitative estimate of drug-likeness (QED) is 0.794. The van der Waals surface area contributed by atoms with E-state index in [2.05, 4.69) is 63.3 Å². The Morgan fingerprint density at radius 3 is 2.62 bits per heavy atom. The average Bonchev–Trinajstić information content (AvgIpc) is 2.67. The van der Waals surface area contributed by atoms with E-state index in [4.69, 9.17) is 9.47 Å². The van der Waals surface area contributed by atoms with Crippen molar-refractivity contribution in [2.75, 3.05) is 6.61 Å². The molecule has 2 aliphatic heterocycles. The number of benzene rings is 1. The van der Waals surface area contributed by atoms with Gasteiger partial charge in [-0.3, -0.25) is 0 Å². The molecular formula is C19H24O2. The van der Waals surface area contributed by atoms with Crippen LogP contribution in [0.1, 0.15) is 45.3 Å². The zero-order valence-electron chi connectivity index (χ0n) is 13.1. The molecule has 0 radical (unpaired) electrons. The smallest absolute Gasteiger partial charge is 0.132 e. The molecule has 1 saturated heterocycles. The summed E-state index contributed by atoms with van der Waals surface area (Å²) in [6.45, 7) is 7.22. The van der Waals surface area contributed by atoms with Crippen LogP contribution in [0.5, 0.6) is 0 Å². The van der Waals surface area contributed by atoms with E-state index >= 15 is 0 Å². The first kappa shape index (κ1) is 14.4. The molecule has 0 aromatic heterocycles. The molecule has 0 saturated carbocycles. The predicted molar refractivity (Wildman–Crippen MR) is 84.9 cm³/mol. The first-order valence-corrected chi connectivity index (χ1v) is 7.88. The maximum absolute atomic E-state index is 6.37. The van der Waals surface area contributed by atoms with Crippen molar-refractivity contribution < 1.29 is 9.47 Å². The Morgan fingerprint density at radius 1 is 1.14 bits per heavy atom. The van der Waals surface area contributed by atoms with Crippen LogP contribution in [0.15, 0.2) is 53.8 Å². The molecular weight excluding hydrogens is 260 g/mol. The summed E-state index contributed by atoms with van der Waals surface area (Å²) in [4.78, 5) is 0. The first-order valence-electron chi connectivity index (χ1n) is 7.88. The Bertz CT molecular complexity index is 554. The summed E-state index contributed by atoms with van der Waals surface area (Å²) in [6.07, 6.45) is 6.51. The Hall–Kier alpha value is -1.54. The molecule has 0 unspecified atom stereocenters. The predicted octanol–water partition coefficient (Wildman–Crippen LogP) is 4.79. The summed E-state index contributed by atoms with van der Waals surface area (Å²) in [7, 11) is 0. The van der Waals surface area contributed by atoms with Gasteiger partial charge in [-0.05, 0) is 37.5 Å². The molecule has 21 heavy (non-hydrogen) atoms. The van der Waals surface area contributed by atoms with Gasteiger partial charge in [-0.2, -0.15) is 0 Å². The molecule has 2 heterocycles. The molecule has 0 amide bonds. The van der Waals surface area contributed by atoms with Crippen molar-refractivity contribution in [3.05, 3.63) is 59.4 Å². The lowest BCUT2D eigenvalue weighted by Crippen LogP contribution is -2.22. The molecule has 0 aliphatic carbocycles. The highest BCUT2D eigenvalue weighted by atomic mass is 16.5. The van der Waals surface area contributed by atoms with E-state index in [1.807, 2.05) is 0 Å². The monoisotopic (exact) mass is 284 g/mol. The Balaban J connectivity index is 2.00. The van der Waals surface area contributed by atoms with Crippen molar-refractivity contribution in [3.63, 3.8) is 0 Å². The van der Waals surface area contributed by atoms with E-state index in [1.54, 1.807) is 0 Å². The third kappa shape index (κ3) is 2.77. The highest BCUT2D eigenvalue weighted by Gasteiger charge is 2.43. The first-order chi connectivity index (χ1) is 10.1. The molecule has 1 aromatic carbocycles. The van der Waals surface area contributed by atoms with Gasteiger partial charge < -0.3 is 9.47 Å². The largest absolute Gasteiger partial charge is 0.489 e. The topological polar surface area (TPSA) is 18.5 Å². The second kappa shape index (κ2) is 5.69. The molecule has 1 aromatic rings. The lowest BCUT2D eigenvalue weighted by Gasteiger charge is -2.26. The van der Waals surface area contributed by atoms with Crippen LogP contribution in [-0.4, -0.2) is 12.2 Å². The summed E-state index contributed by atoms with van der Waals surface area (Å²) in [5, 5.41) is 0. The third-order valence-corrected chi connectivity index (χ3v) is 4.44. The van der Waals surface area contributed by atoms with E-state index in [9.17, 15) is 0 Å². The second-order valence-corrected chi connectivity index (χ2v) is 6.38. The van der Waals surface area contributed by atoms with Gasteiger partial charge in [-0.25, -0.2) is 0 Å². The van der Waals surface area contributed by atoms with Crippen LogP contribution < -0.4 is 0 Å². The van der Waals surface area contributed by atoms with Gasteiger partial charge in [0.1, 0.15) is 6.10 Å². The van der Waals surface area contributed by atoms with Gasteiger partial charge in [0.25, 0.3) is 0 Å². The van der Waals surface area contributed by atoms with Gasteiger partial charge in [-0.1, -0.05) is 43.3 Å². The lowest BCUT2D eigenvalue weighted by atomic mass is 9.84. The lowest BCUT2D eigenvalue weighted by molar-refractivity contribution is 0.0250. The number of fused-ring (bicyclic) bond motifs is 1. The van der Waals surface area contributed by atoms with Crippen LogP contribution in [0, 0.1) is 5.92 Å². The van der Waals surface area contributed by atoms with Crippen molar-refractivity contribution in [1.29, 1.82) is 0 Å². The highest BCUT2D eigenvalue weighted by Crippen LogP contribution is 2.46. The highest BCUT2D eigenvalue weighted by molar-refractivity contribution is 5.34. The Morgan fingerprint density at radius 2 is 1.90 bits per heavy atom. The molecule has 2 heteroatoms. The summed E-state index contributed by atoms with van der Waals surface area (Å²) < 4.78 is 12.4. The van der Waals surface area contributed by atoms with Crippen LogP contribution in [0.3, 0.4) is 0 Å². The molecule has 112 valence electrons. The Labute approximate surface area is 127 Å².